The third-order valence-corrected chi connectivity index (χ3v) is 4.62. The highest BCUT2D eigenvalue weighted by Gasteiger charge is 2.26. The number of rotatable bonds is 8. The highest BCUT2D eigenvalue weighted by Crippen LogP contribution is 2.17. The van der Waals surface area contributed by atoms with Crippen molar-refractivity contribution in [3.8, 4) is 0 Å². The molecular weight excluding hydrogens is 270 g/mol. The summed E-state index contributed by atoms with van der Waals surface area (Å²) in [5.41, 5.74) is 0. The summed E-state index contributed by atoms with van der Waals surface area (Å²) in [6.45, 7) is 7.67. The maximum Gasteiger partial charge on any atom is 0.232 e. The summed E-state index contributed by atoms with van der Waals surface area (Å²) in [6, 6.07) is 0.419. The molecule has 0 aromatic carbocycles. The molecule has 1 rings (SSSR count). The van der Waals surface area contributed by atoms with Crippen LogP contribution >= 0.6 is 11.8 Å². The standard InChI is InChI=1S/C15H29N3OS/c1-5-12-20-13-15(19)18(11-10-16(2)3)14-6-8-17(4)9-7-14/h5,14H,1,6-13H2,2-4H3. The van der Waals surface area contributed by atoms with Crippen LogP contribution in [0.3, 0.4) is 0 Å². The van der Waals surface area contributed by atoms with Gasteiger partial charge in [0.2, 0.25) is 5.91 Å². The summed E-state index contributed by atoms with van der Waals surface area (Å²) >= 11 is 1.66. The van der Waals surface area contributed by atoms with E-state index in [9.17, 15) is 4.79 Å². The van der Waals surface area contributed by atoms with E-state index >= 15 is 0 Å². The van der Waals surface area contributed by atoms with E-state index in [0.29, 0.717) is 11.8 Å². The van der Waals surface area contributed by atoms with Gasteiger partial charge in [-0.25, -0.2) is 0 Å². The van der Waals surface area contributed by atoms with Gasteiger partial charge in [-0.05, 0) is 47.1 Å². The Bertz CT molecular complexity index is 301. The van der Waals surface area contributed by atoms with Gasteiger partial charge in [0.05, 0.1) is 5.75 Å². The number of likely N-dealkylation sites (tertiary alicyclic amines) is 1. The van der Waals surface area contributed by atoms with Gasteiger partial charge in [-0.1, -0.05) is 6.08 Å². The topological polar surface area (TPSA) is 26.8 Å². The van der Waals surface area contributed by atoms with Crippen molar-refractivity contribution in [2.45, 2.75) is 18.9 Å². The van der Waals surface area contributed by atoms with Gasteiger partial charge in [-0.15, -0.1) is 18.3 Å². The molecule has 0 N–H and O–H groups in total. The quantitative estimate of drug-likeness (QED) is 0.500. The minimum Gasteiger partial charge on any atom is -0.338 e. The van der Waals surface area contributed by atoms with E-state index in [1.165, 1.54) is 0 Å². The Labute approximate surface area is 128 Å². The summed E-state index contributed by atoms with van der Waals surface area (Å²) in [5.74, 6) is 1.71. The Hall–Kier alpha value is -0.520. The highest BCUT2D eigenvalue weighted by molar-refractivity contribution is 8.00. The van der Waals surface area contributed by atoms with Gasteiger partial charge in [-0.2, -0.15) is 0 Å². The molecule has 1 heterocycles. The van der Waals surface area contributed by atoms with Gasteiger partial charge in [0, 0.05) is 24.9 Å². The average Bonchev–Trinajstić information content (AvgIpc) is 2.41. The van der Waals surface area contributed by atoms with E-state index < -0.39 is 0 Å². The molecule has 1 amide bonds. The number of likely N-dealkylation sites (N-methyl/N-ethyl adjacent to an activating group) is 1. The van der Waals surface area contributed by atoms with Crippen LogP contribution in [0.2, 0.25) is 0 Å². The van der Waals surface area contributed by atoms with E-state index in [1.54, 1.807) is 11.8 Å². The molecule has 0 aromatic heterocycles. The molecule has 1 saturated heterocycles. The first kappa shape index (κ1) is 17.5. The molecule has 0 atom stereocenters. The number of carbonyl (C=O) groups excluding carboxylic acids is 1. The fraction of sp³-hybridized carbons (Fsp3) is 0.800. The fourth-order valence-corrected chi connectivity index (χ4v) is 3.06. The molecular formula is C15H29N3OS. The first-order valence-electron chi connectivity index (χ1n) is 7.36. The minimum atomic E-state index is 0.285. The second-order valence-electron chi connectivity index (χ2n) is 5.73. The number of hydrogen-bond acceptors (Lipinski definition) is 4. The first-order valence-corrected chi connectivity index (χ1v) is 8.51. The van der Waals surface area contributed by atoms with Gasteiger partial charge in [0.1, 0.15) is 0 Å². The van der Waals surface area contributed by atoms with Crippen LogP contribution in [0.25, 0.3) is 0 Å². The molecule has 1 aliphatic heterocycles. The van der Waals surface area contributed by atoms with Crippen molar-refractivity contribution in [3.05, 3.63) is 12.7 Å². The van der Waals surface area contributed by atoms with E-state index in [-0.39, 0.29) is 5.91 Å². The molecule has 0 aromatic rings. The van der Waals surface area contributed by atoms with Crippen LogP contribution in [0.5, 0.6) is 0 Å². The van der Waals surface area contributed by atoms with Gasteiger partial charge < -0.3 is 14.7 Å². The molecule has 0 spiro atoms. The summed E-state index contributed by atoms with van der Waals surface area (Å²) in [7, 11) is 6.27. The lowest BCUT2D eigenvalue weighted by Crippen LogP contribution is -2.49. The molecule has 20 heavy (non-hydrogen) atoms. The normalized spacial score (nSPS) is 17.4. The molecule has 1 aliphatic rings. The zero-order valence-electron chi connectivity index (χ0n) is 13.2. The predicted molar refractivity (Wildman–Crippen MR) is 88.3 cm³/mol. The number of piperidine rings is 1. The minimum absolute atomic E-state index is 0.285. The number of hydrogen-bond donors (Lipinski definition) is 0. The molecule has 0 radical (unpaired) electrons. The van der Waals surface area contributed by atoms with E-state index in [2.05, 4.69) is 42.4 Å². The first-order chi connectivity index (χ1) is 9.54. The number of amides is 1. The van der Waals surface area contributed by atoms with Gasteiger partial charge >= 0.3 is 0 Å². The molecule has 0 aliphatic carbocycles. The Morgan fingerprint density at radius 2 is 2.00 bits per heavy atom. The summed E-state index contributed by atoms with van der Waals surface area (Å²) in [5, 5.41) is 0. The van der Waals surface area contributed by atoms with Crippen LogP contribution in [0.4, 0.5) is 0 Å². The van der Waals surface area contributed by atoms with E-state index in [0.717, 1.165) is 44.8 Å². The van der Waals surface area contributed by atoms with E-state index in [1.807, 2.05) is 6.08 Å². The summed E-state index contributed by atoms with van der Waals surface area (Å²) in [4.78, 5) is 19.1. The molecule has 5 heteroatoms. The smallest absolute Gasteiger partial charge is 0.232 e. The van der Waals surface area contributed by atoms with Crippen LogP contribution in [0.1, 0.15) is 12.8 Å². The van der Waals surface area contributed by atoms with Gasteiger partial charge in [-0.3, -0.25) is 4.79 Å². The SMILES string of the molecule is C=CCSCC(=O)N(CCN(C)C)C1CCN(C)CC1. The summed E-state index contributed by atoms with van der Waals surface area (Å²) in [6.07, 6.45) is 4.06. The van der Waals surface area contributed by atoms with Crippen LogP contribution in [0, 0.1) is 0 Å². The maximum absolute atomic E-state index is 12.5. The molecule has 0 bridgehead atoms. The third kappa shape index (κ3) is 6.29. The molecule has 116 valence electrons. The zero-order valence-corrected chi connectivity index (χ0v) is 14.0. The van der Waals surface area contributed by atoms with Crippen molar-refractivity contribution in [2.75, 3.05) is 58.8 Å². The number of carbonyl (C=O) groups is 1. The van der Waals surface area contributed by atoms with Crippen molar-refractivity contribution in [3.63, 3.8) is 0 Å². The lowest BCUT2D eigenvalue weighted by atomic mass is 10.0. The molecule has 0 saturated carbocycles. The van der Waals surface area contributed by atoms with Crippen molar-refractivity contribution in [1.82, 2.24) is 14.7 Å². The van der Waals surface area contributed by atoms with Crippen molar-refractivity contribution in [1.29, 1.82) is 0 Å². The third-order valence-electron chi connectivity index (χ3n) is 3.70. The zero-order chi connectivity index (χ0) is 15.0. The Kier molecular flexibility index (Phi) is 8.26. The maximum atomic E-state index is 12.5. The molecule has 0 unspecified atom stereocenters. The van der Waals surface area contributed by atoms with Crippen molar-refractivity contribution in [2.24, 2.45) is 0 Å². The number of nitrogens with zero attached hydrogens (tertiary/aromatic N) is 3. The lowest BCUT2D eigenvalue weighted by molar-refractivity contribution is -0.131. The molecule has 4 nitrogen and oxygen atoms in total. The van der Waals surface area contributed by atoms with Crippen LogP contribution in [-0.2, 0) is 4.79 Å². The number of thioether (sulfide) groups is 1. The fourth-order valence-electron chi connectivity index (χ4n) is 2.44. The van der Waals surface area contributed by atoms with Crippen molar-refractivity contribution >= 4 is 17.7 Å². The van der Waals surface area contributed by atoms with Gasteiger partial charge in [0.15, 0.2) is 0 Å². The lowest BCUT2D eigenvalue weighted by Gasteiger charge is -2.38. The van der Waals surface area contributed by atoms with Crippen LogP contribution in [-0.4, -0.2) is 85.5 Å². The molecule has 1 fully saturated rings. The largest absolute Gasteiger partial charge is 0.338 e. The Balaban J connectivity index is 2.54. The van der Waals surface area contributed by atoms with E-state index in [4.69, 9.17) is 0 Å². The Morgan fingerprint density at radius 1 is 1.35 bits per heavy atom. The van der Waals surface area contributed by atoms with Crippen LogP contribution < -0.4 is 0 Å². The highest BCUT2D eigenvalue weighted by atomic mass is 32.2. The second-order valence-corrected chi connectivity index (χ2v) is 6.76. The van der Waals surface area contributed by atoms with Crippen molar-refractivity contribution < 1.29 is 4.79 Å². The predicted octanol–water partition coefficient (Wildman–Crippen LogP) is 1.39. The average molecular weight is 299 g/mol. The summed E-state index contributed by atoms with van der Waals surface area (Å²) < 4.78 is 0. The Morgan fingerprint density at radius 3 is 2.55 bits per heavy atom. The van der Waals surface area contributed by atoms with Crippen LogP contribution in [0.15, 0.2) is 12.7 Å². The second kappa shape index (κ2) is 9.42. The monoisotopic (exact) mass is 299 g/mol. The van der Waals surface area contributed by atoms with Gasteiger partial charge in [0.25, 0.3) is 0 Å².